The fourth-order valence-corrected chi connectivity index (χ4v) is 3.16. The van der Waals surface area contributed by atoms with E-state index in [-0.39, 0.29) is 17.6 Å². The van der Waals surface area contributed by atoms with Gasteiger partial charge in [0.1, 0.15) is 10.7 Å². The van der Waals surface area contributed by atoms with Crippen molar-refractivity contribution in [2.45, 2.75) is 12.5 Å². The third-order valence-corrected chi connectivity index (χ3v) is 4.45. The molecule has 1 fully saturated rings. The Morgan fingerprint density at radius 3 is 2.73 bits per heavy atom. The van der Waals surface area contributed by atoms with Gasteiger partial charge in [0.2, 0.25) is 0 Å². The zero-order chi connectivity index (χ0) is 15.7. The number of carbonyl (C=O) groups excluding carboxylic acids is 1. The van der Waals surface area contributed by atoms with Crippen LogP contribution in [0.2, 0.25) is 0 Å². The molecular weight excluding hydrogens is 304 g/mol. The SMILES string of the molecule is N[C@@H]1CCN(C(=O)c2csc(-c3ccc([N+](=O)[O-])cc3)n2)C1. The fraction of sp³-hybridized carbons (Fsp3) is 0.286. The Kier molecular flexibility index (Phi) is 3.86. The van der Waals surface area contributed by atoms with Gasteiger partial charge in [-0.2, -0.15) is 0 Å². The van der Waals surface area contributed by atoms with Crippen molar-refractivity contribution in [1.82, 2.24) is 9.88 Å². The minimum atomic E-state index is -0.447. The summed E-state index contributed by atoms with van der Waals surface area (Å²) in [6.45, 7) is 1.22. The highest BCUT2D eigenvalue weighted by Gasteiger charge is 2.26. The van der Waals surface area contributed by atoms with Crippen LogP contribution in [0.15, 0.2) is 29.6 Å². The van der Waals surface area contributed by atoms with E-state index >= 15 is 0 Å². The van der Waals surface area contributed by atoms with E-state index in [0.29, 0.717) is 23.8 Å². The molecule has 2 aromatic rings. The molecule has 2 heterocycles. The summed E-state index contributed by atoms with van der Waals surface area (Å²) < 4.78 is 0. The summed E-state index contributed by atoms with van der Waals surface area (Å²) in [6, 6.07) is 6.17. The van der Waals surface area contributed by atoms with Gasteiger partial charge in [-0.1, -0.05) is 0 Å². The van der Waals surface area contributed by atoms with E-state index in [9.17, 15) is 14.9 Å². The van der Waals surface area contributed by atoms with Gasteiger partial charge in [0.25, 0.3) is 11.6 Å². The summed E-state index contributed by atoms with van der Waals surface area (Å²) in [5, 5.41) is 13.0. The summed E-state index contributed by atoms with van der Waals surface area (Å²) in [7, 11) is 0. The molecule has 1 amide bonds. The average molecular weight is 318 g/mol. The largest absolute Gasteiger partial charge is 0.336 e. The van der Waals surface area contributed by atoms with E-state index in [1.165, 1.54) is 23.5 Å². The average Bonchev–Trinajstić information content (AvgIpc) is 3.15. The van der Waals surface area contributed by atoms with Crippen LogP contribution in [0.25, 0.3) is 10.6 Å². The number of nitrogens with zero attached hydrogens (tertiary/aromatic N) is 3. The molecule has 114 valence electrons. The standard InChI is InChI=1S/C14H14N4O3S/c15-10-5-6-17(7-10)14(19)12-8-22-13(16-12)9-1-3-11(4-2-9)18(20)21/h1-4,8,10H,5-7,15H2/t10-/m1/s1. The summed E-state index contributed by atoms with van der Waals surface area (Å²) in [4.78, 5) is 28.6. The Balaban J connectivity index is 1.78. The van der Waals surface area contributed by atoms with Gasteiger partial charge in [0, 0.05) is 42.2 Å². The number of carbonyl (C=O) groups is 1. The van der Waals surface area contributed by atoms with Crippen molar-refractivity contribution in [1.29, 1.82) is 0 Å². The Morgan fingerprint density at radius 2 is 2.14 bits per heavy atom. The first-order chi connectivity index (χ1) is 10.5. The number of likely N-dealkylation sites (tertiary alicyclic amines) is 1. The van der Waals surface area contributed by atoms with Crippen molar-refractivity contribution >= 4 is 22.9 Å². The second-order valence-electron chi connectivity index (χ2n) is 5.14. The number of amides is 1. The van der Waals surface area contributed by atoms with Crippen LogP contribution in [0.5, 0.6) is 0 Å². The third kappa shape index (κ3) is 2.83. The lowest BCUT2D eigenvalue weighted by atomic mass is 10.2. The topological polar surface area (TPSA) is 102 Å². The lowest BCUT2D eigenvalue weighted by Crippen LogP contribution is -2.32. The van der Waals surface area contributed by atoms with Crippen molar-refractivity contribution < 1.29 is 9.72 Å². The van der Waals surface area contributed by atoms with E-state index in [4.69, 9.17) is 5.73 Å². The molecule has 22 heavy (non-hydrogen) atoms. The Morgan fingerprint density at radius 1 is 1.41 bits per heavy atom. The van der Waals surface area contributed by atoms with Crippen LogP contribution in [-0.2, 0) is 0 Å². The van der Waals surface area contributed by atoms with Crippen LogP contribution in [0, 0.1) is 10.1 Å². The number of hydrogen-bond acceptors (Lipinski definition) is 6. The first-order valence-corrected chi connectivity index (χ1v) is 7.68. The first kappa shape index (κ1) is 14.6. The number of aromatic nitrogens is 1. The van der Waals surface area contributed by atoms with Gasteiger partial charge in [-0.25, -0.2) is 4.98 Å². The maximum atomic E-state index is 12.3. The monoisotopic (exact) mass is 318 g/mol. The Labute approximate surface area is 130 Å². The number of rotatable bonds is 3. The first-order valence-electron chi connectivity index (χ1n) is 6.80. The van der Waals surface area contributed by atoms with Gasteiger partial charge in [-0.15, -0.1) is 11.3 Å². The van der Waals surface area contributed by atoms with Crippen LogP contribution < -0.4 is 5.73 Å². The molecular formula is C14H14N4O3S. The number of thiazole rings is 1. The number of hydrogen-bond donors (Lipinski definition) is 1. The third-order valence-electron chi connectivity index (χ3n) is 3.56. The predicted octanol–water partition coefficient (Wildman–Crippen LogP) is 1.89. The van der Waals surface area contributed by atoms with Gasteiger partial charge in [-0.05, 0) is 18.6 Å². The molecule has 8 heteroatoms. The van der Waals surface area contributed by atoms with Crippen LogP contribution >= 0.6 is 11.3 Å². The van der Waals surface area contributed by atoms with Crippen molar-refractivity contribution in [2.75, 3.05) is 13.1 Å². The Bertz CT molecular complexity index is 713. The minimum absolute atomic E-state index is 0.0302. The summed E-state index contributed by atoms with van der Waals surface area (Å²) in [5.74, 6) is -0.114. The molecule has 0 saturated carbocycles. The minimum Gasteiger partial charge on any atom is -0.336 e. The number of nitro benzene ring substituents is 1. The molecule has 1 saturated heterocycles. The zero-order valence-electron chi connectivity index (χ0n) is 11.6. The highest BCUT2D eigenvalue weighted by atomic mass is 32.1. The molecule has 0 unspecified atom stereocenters. The normalized spacial score (nSPS) is 17.7. The van der Waals surface area contributed by atoms with Crippen LogP contribution in [0.3, 0.4) is 0 Å². The van der Waals surface area contributed by atoms with Gasteiger partial charge in [-0.3, -0.25) is 14.9 Å². The molecule has 2 N–H and O–H groups in total. The van der Waals surface area contributed by atoms with Crippen molar-refractivity contribution in [3.63, 3.8) is 0 Å². The quantitative estimate of drug-likeness (QED) is 0.687. The molecule has 1 atom stereocenters. The van der Waals surface area contributed by atoms with E-state index in [0.717, 1.165) is 12.0 Å². The summed E-state index contributed by atoms with van der Waals surface area (Å²) in [6.07, 6.45) is 0.811. The lowest BCUT2D eigenvalue weighted by molar-refractivity contribution is -0.384. The summed E-state index contributed by atoms with van der Waals surface area (Å²) in [5.41, 5.74) is 6.99. The number of benzene rings is 1. The van der Waals surface area contributed by atoms with E-state index < -0.39 is 4.92 Å². The van der Waals surface area contributed by atoms with Crippen molar-refractivity contribution in [3.05, 3.63) is 45.5 Å². The molecule has 1 aliphatic heterocycles. The highest BCUT2D eigenvalue weighted by molar-refractivity contribution is 7.13. The Hall–Kier alpha value is -2.32. The zero-order valence-corrected chi connectivity index (χ0v) is 12.5. The number of non-ortho nitro benzene ring substituents is 1. The molecule has 7 nitrogen and oxygen atoms in total. The maximum absolute atomic E-state index is 12.3. The molecule has 0 bridgehead atoms. The molecule has 1 aromatic heterocycles. The van der Waals surface area contributed by atoms with E-state index in [2.05, 4.69) is 4.98 Å². The second-order valence-corrected chi connectivity index (χ2v) is 6.00. The summed E-state index contributed by atoms with van der Waals surface area (Å²) >= 11 is 1.35. The van der Waals surface area contributed by atoms with E-state index in [1.54, 1.807) is 22.4 Å². The molecule has 0 radical (unpaired) electrons. The predicted molar refractivity (Wildman–Crippen MR) is 82.7 cm³/mol. The smallest absolute Gasteiger partial charge is 0.273 e. The van der Waals surface area contributed by atoms with Gasteiger partial charge in [0.05, 0.1) is 4.92 Å². The number of nitrogens with two attached hydrogens (primary N) is 1. The molecule has 0 spiro atoms. The van der Waals surface area contributed by atoms with Gasteiger partial charge < -0.3 is 10.6 Å². The second kappa shape index (κ2) is 5.82. The van der Waals surface area contributed by atoms with E-state index in [1.807, 2.05) is 0 Å². The molecule has 0 aliphatic carbocycles. The van der Waals surface area contributed by atoms with Crippen molar-refractivity contribution in [2.24, 2.45) is 5.73 Å². The maximum Gasteiger partial charge on any atom is 0.273 e. The van der Waals surface area contributed by atoms with Gasteiger partial charge >= 0.3 is 0 Å². The number of nitro groups is 1. The van der Waals surface area contributed by atoms with Crippen LogP contribution in [0.1, 0.15) is 16.9 Å². The lowest BCUT2D eigenvalue weighted by Gasteiger charge is -2.13. The van der Waals surface area contributed by atoms with Crippen LogP contribution in [0.4, 0.5) is 5.69 Å². The highest BCUT2D eigenvalue weighted by Crippen LogP contribution is 2.26. The van der Waals surface area contributed by atoms with Crippen molar-refractivity contribution in [3.8, 4) is 10.6 Å². The van der Waals surface area contributed by atoms with Gasteiger partial charge in [0.15, 0.2) is 0 Å². The molecule has 3 rings (SSSR count). The van der Waals surface area contributed by atoms with Crippen LogP contribution in [-0.4, -0.2) is 39.8 Å². The fourth-order valence-electron chi connectivity index (χ4n) is 2.36. The molecule has 1 aromatic carbocycles. The molecule has 1 aliphatic rings.